The first-order chi connectivity index (χ1) is 7.00. The number of nitrogens with two attached hydrogens (primary N) is 1. The number of aromatic nitrogens is 1. The number of rotatable bonds is 1. The minimum absolute atomic E-state index is 0.0556. The number of pyridine rings is 1. The van der Waals surface area contributed by atoms with E-state index in [1.54, 1.807) is 12.1 Å². The zero-order valence-electron chi connectivity index (χ0n) is 7.51. The lowest BCUT2D eigenvalue weighted by Crippen LogP contribution is -1.97. The second-order valence-electron chi connectivity index (χ2n) is 2.99. The van der Waals surface area contributed by atoms with Gasteiger partial charge < -0.3 is 5.73 Å². The third kappa shape index (κ3) is 1.63. The molecule has 2 N–H and O–H groups in total. The molecule has 0 saturated carbocycles. The van der Waals surface area contributed by atoms with Gasteiger partial charge in [0.25, 0.3) is 0 Å². The Hall–Kier alpha value is -1.69. The fraction of sp³-hybridized carbons (Fsp3) is 0. The van der Waals surface area contributed by atoms with E-state index in [1.165, 1.54) is 12.3 Å². The summed E-state index contributed by atoms with van der Waals surface area (Å²) in [7, 11) is -4.76. The summed E-state index contributed by atoms with van der Waals surface area (Å²) < 4.78 is 34.5. The van der Waals surface area contributed by atoms with Gasteiger partial charge in [0, 0.05) is 17.3 Å². The normalized spacial score (nSPS) is 11.8. The Morgan fingerprint density at radius 2 is 2.00 bits per heavy atom. The van der Waals surface area contributed by atoms with Gasteiger partial charge >= 0.3 is 10.2 Å². The molecular weight excluding hydrogens is 219 g/mol. The summed E-state index contributed by atoms with van der Waals surface area (Å²) in [5.74, 6) is 0. The van der Waals surface area contributed by atoms with Crippen molar-refractivity contribution in [3.63, 3.8) is 0 Å². The maximum absolute atomic E-state index is 12.9. The van der Waals surface area contributed by atoms with Crippen molar-refractivity contribution in [3.8, 4) is 0 Å². The molecule has 6 heteroatoms. The first-order valence-electron chi connectivity index (χ1n) is 4.08. The number of halogens is 1. The summed E-state index contributed by atoms with van der Waals surface area (Å²) in [4.78, 5) is 3.36. The summed E-state index contributed by atoms with van der Waals surface area (Å²) in [5, 5.41) is 0.427. The fourth-order valence-electron chi connectivity index (χ4n) is 1.37. The first kappa shape index (κ1) is 9.85. The highest BCUT2D eigenvalue weighted by molar-refractivity contribution is 7.86. The van der Waals surface area contributed by atoms with Crippen molar-refractivity contribution in [1.82, 2.24) is 4.98 Å². The van der Waals surface area contributed by atoms with Gasteiger partial charge in [-0.1, -0.05) is 0 Å². The number of hydrogen-bond acceptors (Lipinski definition) is 4. The number of benzene rings is 1. The van der Waals surface area contributed by atoms with Crippen LogP contribution in [0, 0.1) is 0 Å². The van der Waals surface area contributed by atoms with Gasteiger partial charge in [0.15, 0.2) is 0 Å². The molecule has 4 nitrogen and oxygen atoms in total. The van der Waals surface area contributed by atoms with E-state index in [9.17, 15) is 12.3 Å². The molecule has 0 radical (unpaired) electrons. The zero-order chi connectivity index (χ0) is 11.1. The lowest BCUT2D eigenvalue weighted by molar-refractivity contribution is 0.553. The van der Waals surface area contributed by atoms with Crippen LogP contribution in [0.1, 0.15) is 0 Å². The van der Waals surface area contributed by atoms with Gasteiger partial charge in [-0.05, 0) is 24.3 Å². The molecule has 0 aliphatic rings. The minimum Gasteiger partial charge on any atom is -0.398 e. The second kappa shape index (κ2) is 3.16. The maximum atomic E-state index is 12.9. The van der Waals surface area contributed by atoms with E-state index >= 15 is 0 Å². The van der Waals surface area contributed by atoms with Crippen LogP contribution in [0.2, 0.25) is 0 Å². The Labute approximate surface area is 85.8 Å². The number of nitrogen functional groups attached to an aromatic ring is 1. The monoisotopic (exact) mass is 226 g/mol. The van der Waals surface area contributed by atoms with Crippen LogP contribution in [0.25, 0.3) is 10.9 Å². The van der Waals surface area contributed by atoms with Crippen LogP contribution in [-0.4, -0.2) is 13.4 Å². The maximum Gasteiger partial charge on any atom is 0.334 e. The molecule has 15 heavy (non-hydrogen) atoms. The van der Waals surface area contributed by atoms with Crippen molar-refractivity contribution in [2.24, 2.45) is 0 Å². The summed E-state index contributed by atoms with van der Waals surface area (Å²) in [6.07, 6.45) is 1.39. The predicted molar refractivity (Wildman–Crippen MR) is 54.4 cm³/mol. The zero-order valence-corrected chi connectivity index (χ0v) is 8.33. The second-order valence-corrected chi connectivity index (χ2v) is 4.31. The Morgan fingerprint density at radius 1 is 1.27 bits per heavy atom. The lowest BCUT2D eigenvalue weighted by atomic mass is 10.2. The Bertz CT molecular complexity index is 625. The van der Waals surface area contributed by atoms with Gasteiger partial charge in [0.05, 0.1) is 5.52 Å². The van der Waals surface area contributed by atoms with Crippen LogP contribution in [0.15, 0.2) is 35.4 Å². The third-order valence-electron chi connectivity index (χ3n) is 2.03. The summed E-state index contributed by atoms with van der Waals surface area (Å²) in [5.41, 5.74) is 6.03. The molecule has 1 aromatic heterocycles. The quantitative estimate of drug-likeness (QED) is 0.590. The molecule has 0 aliphatic heterocycles. The van der Waals surface area contributed by atoms with E-state index in [-0.39, 0.29) is 5.52 Å². The number of hydrogen-bond donors (Lipinski definition) is 1. The van der Waals surface area contributed by atoms with Gasteiger partial charge in [-0.25, -0.2) is 0 Å². The average molecular weight is 226 g/mol. The molecule has 0 atom stereocenters. The van der Waals surface area contributed by atoms with E-state index in [0.29, 0.717) is 11.1 Å². The van der Waals surface area contributed by atoms with E-state index in [4.69, 9.17) is 5.73 Å². The highest BCUT2D eigenvalue weighted by Gasteiger charge is 2.17. The van der Waals surface area contributed by atoms with Gasteiger partial charge in [-0.2, -0.15) is 8.42 Å². The first-order valence-corrected chi connectivity index (χ1v) is 5.46. The van der Waals surface area contributed by atoms with E-state index in [0.717, 1.165) is 6.07 Å². The molecule has 78 valence electrons. The molecule has 2 rings (SSSR count). The van der Waals surface area contributed by atoms with E-state index in [1.807, 2.05) is 0 Å². The van der Waals surface area contributed by atoms with Crippen LogP contribution in [0.4, 0.5) is 9.57 Å². The lowest BCUT2D eigenvalue weighted by Gasteiger charge is -2.03. The molecule has 2 aromatic rings. The molecule has 0 amide bonds. The van der Waals surface area contributed by atoms with Gasteiger partial charge in [0.2, 0.25) is 0 Å². The molecular formula is C9H7FN2O2S. The van der Waals surface area contributed by atoms with Crippen LogP contribution < -0.4 is 5.73 Å². The van der Waals surface area contributed by atoms with Crippen molar-refractivity contribution in [3.05, 3.63) is 30.5 Å². The number of fused-ring (bicyclic) bond motifs is 1. The summed E-state index contributed by atoms with van der Waals surface area (Å²) in [6, 6.07) is 5.65. The summed E-state index contributed by atoms with van der Waals surface area (Å²) in [6.45, 7) is 0. The molecule has 1 aromatic carbocycles. The topological polar surface area (TPSA) is 73.1 Å². The SMILES string of the molecule is Nc1ccc(S(=O)(=O)F)c2ncccc12. The molecule has 0 fully saturated rings. The average Bonchev–Trinajstić information content (AvgIpc) is 2.17. The molecule has 0 bridgehead atoms. The molecule has 0 saturated heterocycles. The van der Waals surface area contributed by atoms with Crippen LogP contribution in [-0.2, 0) is 10.2 Å². The predicted octanol–water partition coefficient (Wildman–Crippen LogP) is 1.48. The molecule has 0 unspecified atom stereocenters. The van der Waals surface area contributed by atoms with Crippen LogP contribution in [0.3, 0.4) is 0 Å². The largest absolute Gasteiger partial charge is 0.398 e. The van der Waals surface area contributed by atoms with Crippen LogP contribution in [0.5, 0.6) is 0 Å². The van der Waals surface area contributed by atoms with E-state index < -0.39 is 15.1 Å². The Morgan fingerprint density at radius 3 is 2.67 bits per heavy atom. The van der Waals surface area contributed by atoms with Gasteiger partial charge in [-0.15, -0.1) is 3.89 Å². The molecule has 0 spiro atoms. The highest BCUT2D eigenvalue weighted by atomic mass is 32.3. The fourth-order valence-corrected chi connectivity index (χ4v) is 1.99. The van der Waals surface area contributed by atoms with Gasteiger partial charge in [0.1, 0.15) is 4.90 Å². The number of nitrogens with zero attached hydrogens (tertiary/aromatic N) is 1. The standard InChI is InChI=1S/C9H7FN2O2S/c10-15(13,14)8-4-3-7(11)6-2-1-5-12-9(6)8/h1-5H,11H2. The van der Waals surface area contributed by atoms with E-state index in [2.05, 4.69) is 4.98 Å². The van der Waals surface area contributed by atoms with Crippen molar-refractivity contribution >= 4 is 26.8 Å². The third-order valence-corrected chi connectivity index (χ3v) is 2.88. The Kier molecular flexibility index (Phi) is 2.08. The minimum atomic E-state index is -4.76. The van der Waals surface area contributed by atoms with Crippen molar-refractivity contribution in [2.75, 3.05) is 5.73 Å². The van der Waals surface area contributed by atoms with Crippen molar-refractivity contribution < 1.29 is 12.3 Å². The smallest absolute Gasteiger partial charge is 0.334 e. The van der Waals surface area contributed by atoms with Crippen molar-refractivity contribution in [2.45, 2.75) is 4.90 Å². The van der Waals surface area contributed by atoms with Crippen LogP contribution >= 0.6 is 0 Å². The summed E-state index contributed by atoms with van der Waals surface area (Å²) >= 11 is 0. The van der Waals surface area contributed by atoms with Crippen molar-refractivity contribution in [1.29, 1.82) is 0 Å². The Balaban J connectivity index is 2.96. The number of anilines is 1. The molecule has 1 heterocycles. The highest BCUT2D eigenvalue weighted by Crippen LogP contribution is 2.26. The van der Waals surface area contributed by atoms with Gasteiger partial charge in [-0.3, -0.25) is 4.98 Å². The molecule has 0 aliphatic carbocycles.